The summed E-state index contributed by atoms with van der Waals surface area (Å²) >= 11 is 1.35. The van der Waals surface area contributed by atoms with Crippen LogP contribution >= 0.6 is 11.9 Å². The normalized spacial score (nSPS) is 15.6. The van der Waals surface area contributed by atoms with Crippen molar-refractivity contribution in [2.75, 3.05) is 6.26 Å². The zero-order valence-corrected chi connectivity index (χ0v) is 13.9. The molecule has 0 bridgehead atoms. The molecule has 2 rings (SSSR count). The Morgan fingerprint density at radius 2 is 1.87 bits per heavy atom. The van der Waals surface area contributed by atoms with Crippen molar-refractivity contribution >= 4 is 30.0 Å². The number of urea groups is 1. The van der Waals surface area contributed by atoms with Crippen molar-refractivity contribution in [3.05, 3.63) is 41.7 Å². The summed E-state index contributed by atoms with van der Waals surface area (Å²) in [6.45, 7) is 0. The summed E-state index contributed by atoms with van der Waals surface area (Å²) in [4.78, 5) is 24.1. The molecule has 124 valence electrons. The lowest BCUT2D eigenvalue weighted by Crippen LogP contribution is -2.44. The van der Waals surface area contributed by atoms with Gasteiger partial charge in [-0.2, -0.15) is 0 Å². The van der Waals surface area contributed by atoms with Gasteiger partial charge in [0.2, 0.25) is 0 Å². The van der Waals surface area contributed by atoms with Gasteiger partial charge in [-0.3, -0.25) is 14.4 Å². The van der Waals surface area contributed by atoms with Crippen LogP contribution in [0.2, 0.25) is 0 Å². The summed E-state index contributed by atoms with van der Waals surface area (Å²) in [7, 11) is 0. The first-order chi connectivity index (χ1) is 11.1. The first-order valence-electron chi connectivity index (χ1n) is 7.72. The molecule has 1 saturated carbocycles. The molecule has 1 aliphatic rings. The predicted molar refractivity (Wildman–Crippen MR) is 91.2 cm³/mol. The molecule has 0 aromatic heterocycles. The van der Waals surface area contributed by atoms with Crippen LogP contribution in [0.1, 0.15) is 37.7 Å². The smallest absolute Gasteiger partial charge is 0.274 e. The number of nitrogens with zero attached hydrogens (tertiary/aromatic N) is 1. The number of benzene rings is 1. The van der Waals surface area contributed by atoms with Crippen molar-refractivity contribution in [1.29, 1.82) is 0 Å². The highest BCUT2D eigenvalue weighted by Gasteiger charge is 2.25. The molecule has 0 heterocycles. The number of halogens is 1. The molecule has 1 aromatic carbocycles. The van der Waals surface area contributed by atoms with Crippen LogP contribution in [0.25, 0.3) is 6.08 Å². The number of carbonyl (C=O) groups excluding carboxylic acids is 2. The topological polar surface area (TPSA) is 49.4 Å². The maximum absolute atomic E-state index is 12.8. The largest absolute Gasteiger partial charge is 0.334 e. The minimum absolute atomic E-state index is 0.188. The van der Waals surface area contributed by atoms with E-state index in [1.165, 1.54) is 36.6 Å². The maximum atomic E-state index is 12.8. The summed E-state index contributed by atoms with van der Waals surface area (Å²) in [6, 6.07) is 5.59. The van der Waals surface area contributed by atoms with Crippen molar-refractivity contribution < 1.29 is 14.0 Å². The average molecular weight is 336 g/mol. The van der Waals surface area contributed by atoms with Crippen LogP contribution in [0.4, 0.5) is 9.18 Å². The monoisotopic (exact) mass is 336 g/mol. The Hall–Kier alpha value is -1.82. The highest BCUT2D eigenvalue weighted by atomic mass is 32.2. The highest BCUT2D eigenvalue weighted by Crippen LogP contribution is 2.26. The van der Waals surface area contributed by atoms with Gasteiger partial charge < -0.3 is 0 Å². The second-order valence-corrected chi connectivity index (χ2v) is 6.24. The zero-order valence-electron chi connectivity index (χ0n) is 13.1. The lowest BCUT2D eigenvalue weighted by molar-refractivity contribution is -0.115. The minimum Gasteiger partial charge on any atom is -0.274 e. The molecule has 23 heavy (non-hydrogen) atoms. The van der Waals surface area contributed by atoms with Crippen LogP contribution in [0, 0.1) is 5.82 Å². The fourth-order valence-electron chi connectivity index (χ4n) is 2.66. The van der Waals surface area contributed by atoms with Crippen molar-refractivity contribution in [3.63, 3.8) is 0 Å². The molecular formula is C17H21FN2O2S. The summed E-state index contributed by atoms with van der Waals surface area (Å²) in [5.74, 6) is -0.806. The summed E-state index contributed by atoms with van der Waals surface area (Å²) < 4.78 is 14.5. The maximum Gasteiger partial charge on any atom is 0.334 e. The lowest BCUT2D eigenvalue weighted by Gasteiger charge is -2.31. The van der Waals surface area contributed by atoms with Crippen molar-refractivity contribution in [2.24, 2.45) is 0 Å². The minimum atomic E-state index is -0.478. The van der Waals surface area contributed by atoms with Crippen LogP contribution < -0.4 is 5.32 Å². The van der Waals surface area contributed by atoms with Gasteiger partial charge >= 0.3 is 6.03 Å². The van der Waals surface area contributed by atoms with Gasteiger partial charge in [-0.25, -0.2) is 9.18 Å². The molecule has 1 N–H and O–H groups in total. The average Bonchev–Trinajstić information content (AvgIpc) is 2.56. The first-order valence-corrected chi connectivity index (χ1v) is 8.90. The summed E-state index contributed by atoms with van der Waals surface area (Å²) in [5.41, 5.74) is 0.697. The lowest BCUT2D eigenvalue weighted by atomic mass is 9.96. The van der Waals surface area contributed by atoms with Crippen LogP contribution in [-0.2, 0) is 4.79 Å². The van der Waals surface area contributed by atoms with Gasteiger partial charge in [0.15, 0.2) is 0 Å². The third-order valence-electron chi connectivity index (χ3n) is 3.83. The van der Waals surface area contributed by atoms with Crippen molar-refractivity contribution in [1.82, 2.24) is 9.62 Å². The van der Waals surface area contributed by atoms with Gasteiger partial charge in [-0.1, -0.05) is 31.4 Å². The molecule has 0 atom stereocenters. The number of carbonyl (C=O) groups is 2. The Bertz CT molecular complexity index is 568. The second-order valence-electron chi connectivity index (χ2n) is 5.48. The first kappa shape index (κ1) is 17.5. The van der Waals surface area contributed by atoms with Crippen molar-refractivity contribution in [2.45, 2.75) is 38.1 Å². The van der Waals surface area contributed by atoms with E-state index in [9.17, 15) is 14.0 Å². The van der Waals surface area contributed by atoms with Crippen LogP contribution in [0.5, 0.6) is 0 Å². The Balaban J connectivity index is 1.89. The molecule has 1 aromatic rings. The van der Waals surface area contributed by atoms with Gasteiger partial charge in [0.25, 0.3) is 5.91 Å². The fourth-order valence-corrected chi connectivity index (χ4v) is 3.38. The Morgan fingerprint density at radius 3 is 2.48 bits per heavy atom. The number of amides is 3. The SMILES string of the molecule is CSN(C(=O)NC(=O)/C=C/c1ccc(F)cc1)C1CCCCC1. The van der Waals surface area contributed by atoms with E-state index in [2.05, 4.69) is 5.32 Å². The van der Waals surface area contributed by atoms with Gasteiger partial charge in [-0.05, 0) is 48.6 Å². The van der Waals surface area contributed by atoms with Crippen molar-refractivity contribution in [3.8, 4) is 0 Å². The third kappa shape index (κ3) is 5.39. The molecule has 1 aliphatic carbocycles. The molecule has 0 radical (unpaired) electrons. The van der Waals surface area contributed by atoms with Gasteiger partial charge in [0, 0.05) is 18.4 Å². The predicted octanol–water partition coefficient (Wildman–Crippen LogP) is 3.99. The van der Waals surface area contributed by atoms with Gasteiger partial charge in [-0.15, -0.1) is 0 Å². The van der Waals surface area contributed by atoms with E-state index in [4.69, 9.17) is 0 Å². The highest BCUT2D eigenvalue weighted by molar-refractivity contribution is 7.96. The molecule has 0 unspecified atom stereocenters. The molecule has 3 amide bonds. The summed E-state index contributed by atoms with van der Waals surface area (Å²) in [5, 5.41) is 2.38. The van der Waals surface area contributed by atoms with E-state index < -0.39 is 5.91 Å². The number of imide groups is 1. The van der Waals surface area contributed by atoms with Gasteiger partial charge in [0.1, 0.15) is 5.82 Å². The zero-order chi connectivity index (χ0) is 16.7. The third-order valence-corrected chi connectivity index (χ3v) is 4.69. The number of rotatable bonds is 4. The Kier molecular flexibility index (Phi) is 6.65. The molecule has 6 heteroatoms. The van der Waals surface area contributed by atoms with E-state index in [0.717, 1.165) is 25.7 Å². The molecular weight excluding hydrogens is 315 g/mol. The quantitative estimate of drug-likeness (QED) is 0.668. The van der Waals surface area contributed by atoms with Crippen LogP contribution in [0.15, 0.2) is 30.3 Å². The standard InChI is InChI=1S/C17H21FN2O2S/c1-23-20(15-5-3-2-4-6-15)17(22)19-16(21)12-9-13-7-10-14(18)11-8-13/h7-12,15H,2-6H2,1H3,(H,19,21,22)/b12-9+. The molecule has 0 saturated heterocycles. The van der Waals surface area contributed by atoms with Gasteiger partial charge in [0.05, 0.1) is 0 Å². The second kappa shape index (κ2) is 8.72. The van der Waals surface area contributed by atoms with E-state index in [-0.39, 0.29) is 17.9 Å². The number of hydrogen-bond donors (Lipinski definition) is 1. The van der Waals surface area contributed by atoms with Crippen LogP contribution in [0.3, 0.4) is 0 Å². The van der Waals surface area contributed by atoms with E-state index in [1.54, 1.807) is 22.5 Å². The number of hydrogen-bond acceptors (Lipinski definition) is 3. The Labute approximate surface area is 140 Å². The molecule has 1 fully saturated rings. The molecule has 0 spiro atoms. The Morgan fingerprint density at radius 1 is 1.22 bits per heavy atom. The van der Waals surface area contributed by atoms with E-state index in [1.807, 2.05) is 6.26 Å². The molecule has 0 aliphatic heterocycles. The van der Waals surface area contributed by atoms with E-state index in [0.29, 0.717) is 5.56 Å². The molecule has 4 nitrogen and oxygen atoms in total. The van der Waals surface area contributed by atoms with E-state index >= 15 is 0 Å². The van der Waals surface area contributed by atoms with Crippen LogP contribution in [-0.4, -0.2) is 28.5 Å². The number of nitrogens with one attached hydrogen (secondary N) is 1. The fraction of sp³-hybridized carbons (Fsp3) is 0.412. The summed E-state index contributed by atoms with van der Waals surface area (Å²) in [6.07, 6.45) is 10.1.